The molecule has 2 atom stereocenters. The number of nitrogens with one attached hydrogen (secondary N) is 2. The van der Waals surface area contributed by atoms with Crippen LogP contribution in [0.4, 0.5) is 0 Å². The number of piperidine rings is 1. The summed E-state index contributed by atoms with van der Waals surface area (Å²) in [5.41, 5.74) is 2.06. The van der Waals surface area contributed by atoms with Crippen LogP contribution in [-0.4, -0.2) is 64.1 Å². The van der Waals surface area contributed by atoms with Crippen LogP contribution in [0.3, 0.4) is 0 Å². The Morgan fingerprint density at radius 2 is 2.09 bits per heavy atom. The van der Waals surface area contributed by atoms with Crippen molar-refractivity contribution in [3.05, 3.63) is 47.8 Å². The SMILES string of the molecule is CCNC(=NCc1cn(CC(=O)OC)nn1)NC1CCN(Cc2ccccc2)C(C)C1.I. The smallest absolute Gasteiger partial charge is 0.327 e. The van der Waals surface area contributed by atoms with Gasteiger partial charge in [-0.05, 0) is 32.3 Å². The van der Waals surface area contributed by atoms with Crippen LogP contribution in [0, 0.1) is 0 Å². The first-order valence-corrected chi connectivity index (χ1v) is 10.9. The lowest BCUT2D eigenvalue weighted by Gasteiger charge is -2.38. The Morgan fingerprint density at radius 1 is 1.31 bits per heavy atom. The normalized spacial score (nSPS) is 19.2. The number of esters is 1. The fourth-order valence-electron chi connectivity index (χ4n) is 3.76. The Bertz CT molecular complexity index is 859. The zero-order chi connectivity index (χ0) is 22.1. The Hall–Kier alpha value is -2.21. The number of aliphatic imine (C=N–C) groups is 1. The Morgan fingerprint density at radius 3 is 2.78 bits per heavy atom. The second-order valence-electron chi connectivity index (χ2n) is 7.85. The van der Waals surface area contributed by atoms with Crippen LogP contribution >= 0.6 is 24.0 Å². The van der Waals surface area contributed by atoms with E-state index in [1.807, 2.05) is 0 Å². The summed E-state index contributed by atoms with van der Waals surface area (Å²) in [4.78, 5) is 18.5. The molecule has 0 saturated carbocycles. The number of hydrogen-bond donors (Lipinski definition) is 2. The largest absolute Gasteiger partial charge is 0.468 e. The summed E-state index contributed by atoms with van der Waals surface area (Å²) in [5.74, 6) is 0.418. The molecule has 1 aliphatic rings. The monoisotopic (exact) mass is 555 g/mol. The van der Waals surface area contributed by atoms with E-state index in [0.717, 1.165) is 38.4 Å². The first-order valence-electron chi connectivity index (χ1n) is 10.9. The van der Waals surface area contributed by atoms with Crippen LogP contribution in [0.2, 0.25) is 0 Å². The zero-order valence-electron chi connectivity index (χ0n) is 19.0. The molecule has 9 nitrogen and oxygen atoms in total. The zero-order valence-corrected chi connectivity index (χ0v) is 21.4. The van der Waals surface area contributed by atoms with Gasteiger partial charge in [-0.15, -0.1) is 29.1 Å². The van der Waals surface area contributed by atoms with Crippen molar-refractivity contribution in [1.82, 2.24) is 30.5 Å². The molecule has 2 heterocycles. The summed E-state index contributed by atoms with van der Waals surface area (Å²) in [6.45, 7) is 7.60. The third-order valence-corrected chi connectivity index (χ3v) is 5.43. The molecule has 0 aliphatic carbocycles. The van der Waals surface area contributed by atoms with Crippen LogP contribution in [0.25, 0.3) is 0 Å². The third-order valence-electron chi connectivity index (χ3n) is 5.43. The second-order valence-corrected chi connectivity index (χ2v) is 7.85. The van der Waals surface area contributed by atoms with Gasteiger partial charge < -0.3 is 15.4 Å². The van der Waals surface area contributed by atoms with Crippen molar-refractivity contribution in [3.63, 3.8) is 0 Å². The van der Waals surface area contributed by atoms with Crippen LogP contribution in [0.15, 0.2) is 41.5 Å². The molecular weight excluding hydrogens is 521 g/mol. The molecule has 176 valence electrons. The summed E-state index contributed by atoms with van der Waals surface area (Å²) in [6.07, 6.45) is 3.84. The molecule has 3 rings (SSSR count). The van der Waals surface area contributed by atoms with Gasteiger partial charge in [-0.2, -0.15) is 0 Å². The number of methoxy groups -OCH3 is 1. The number of carbonyl (C=O) groups excluding carboxylic acids is 1. The van der Waals surface area contributed by atoms with Gasteiger partial charge in [0.25, 0.3) is 0 Å². The fourth-order valence-corrected chi connectivity index (χ4v) is 3.76. The number of aromatic nitrogens is 3. The molecule has 0 spiro atoms. The number of carbonyl (C=O) groups is 1. The molecule has 1 aromatic heterocycles. The van der Waals surface area contributed by atoms with Crippen molar-refractivity contribution in [2.75, 3.05) is 20.2 Å². The average Bonchev–Trinajstić information content (AvgIpc) is 3.22. The van der Waals surface area contributed by atoms with Crippen molar-refractivity contribution in [3.8, 4) is 0 Å². The van der Waals surface area contributed by atoms with Gasteiger partial charge in [0.05, 0.1) is 19.9 Å². The van der Waals surface area contributed by atoms with Gasteiger partial charge in [-0.1, -0.05) is 35.5 Å². The topological polar surface area (TPSA) is 96.7 Å². The molecule has 1 fully saturated rings. The number of ether oxygens (including phenoxy) is 1. The molecule has 0 radical (unpaired) electrons. The lowest BCUT2D eigenvalue weighted by molar-refractivity contribution is -0.141. The second kappa shape index (κ2) is 13.4. The first kappa shape index (κ1) is 26.0. The van der Waals surface area contributed by atoms with Crippen LogP contribution < -0.4 is 10.6 Å². The lowest BCUT2D eigenvalue weighted by atomic mass is 9.97. The summed E-state index contributed by atoms with van der Waals surface area (Å²) >= 11 is 0. The maximum absolute atomic E-state index is 11.4. The molecule has 32 heavy (non-hydrogen) atoms. The van der Waals surface area contributed by atoms with Gasteiger partial charge in [-0.3, -0.25) is 9.69 Å². The summed E-state index contributed by atoms with van der Waals surface area (Å²) in [5, 5.41) is 14.9. The first-order chi connectivity index (χ1) is 15.1. The maximum atomic E-state index is 11.4. The van der Waals surface area contributed by atoms with E-state index in [1.165, 1.54) is 17.4 Å². The van der Waals surface area contributed by atoms with E-state index >= 15 is 0 Å². The number of rotatable bonds is 8. The van der Waals surface area contributed by atoms with E-state index in [-0.39, 0.29) is 36.5 Å². The van der Waals surface area contributed by atoms with E-state index in [0.29, 0.717) is 24.3 Å². The van der Waals surface area contributed by atoms with Gasteiger partial charge in [0.15, 0.2) is 5.96 Å². The third kappa shape index (κ3) is 8.05. The van der Waals surface area contributed by atoms with E-state index in [9.17, 15) is 4.79 Å². The molecule has 1 aliphatic heterocycles. The lowest BCUT2D eigenvalue weighted by Crippen LogP contribution is -2.51. The number of halogens is 1. The van der Waals surface area contributed by atoms with Crippen molar-refractivity contribution >= 4 is 35.9 Å². The highest BCUT2D eigenvalue weighted by atomic mass is 127. The predicted molar refractivity (Wildman–Crippen MR) is 135 cm³/mol. The van der Waals surface area contributed by atoms with Crippen LogP contribution in [-0.2, 0) is 29.2 Å². The number of guanidine groups is 1. The van der Waals surface area contributed by atoms with E-state index in [4.69, 9.17) is 0 Å². The van der Waals surface area contributed by atoms with E-state index in [2.05, 4.69) is 79.8 Å². The molecule has 2 unspecified atom stereocenters. The molecule has 0 bridgehead atoms. The van der Waals surface area contributed by atoms with E-state index in [1.54, 1.807) is 6.20 Å². The van der Waals surface area contributed by atoms with Gasteiger partial charge in [0, 0.05) is 31.7 Å². The molecule has 1 aromatic carbocycles. The fraction of sp³-hybridized carbons (Fsp3) is 0.545. The predicted octanol–water partition coefficient (Wildman–Crippen LogP) is 2.18. The van der Waals surface area contributed by atoms with Gasteiger partial charge in [0.1, 0.15) is 12.2 Å². The molecule has 0 amide bonds. The maximum Gasteiger partial charge on any atom is 0.327 e. The Kier molecular flexibility index (Phi) is 10.9. The highest BCUT2D eigenvalue weighted by molar-refractivity contribution is 14.0. The summed E-state index contributed by atoms with van der Waals surface area (Å²) < 4.78 is 6.11. The summed E-state index contributed by atoms with van der Waals surface area (Å²) in [6, 6.07) is 11.5. The average molecular weight is 555 g/mol. The standard InChI is InChI=1S/C22H33N7O2.HI/c1-4-23-22(24-13-20-15-29(27-26-20)16-21(30)31-3)25-19-10-11-28(17(2)12-19)14-18-8-6-5-7-9-18;/h5-9,15,17,19H,4,10-14,16H2,1-3H3,(H2,23,24,25);1H. The van der Waals surface area contributed by atoms with Crippen molar-refractivity contribution < 1.29 is 9.53 Å². The van der Waals surface area contributed by atoms with Crippen LogP contribution in [0.1, 0.15) is 37.9 Å². The molecule has 1 saturated heterocycles. The molecule has 2 N–H and O–H groups in total. The minimum Gasteiger partial charge on any atom is -0.468 e. The van der Waals surface area contributed by atoms with Crippen molar-refractivity contribution in [2.24, 2.45) is 4.99 Å². The van der Waals surface area contributed by atoms with Crippen molar-refractivity contribution in [2.45, 2.75) is 58.4 Å². The number of benzene rings is 1. The minimum atomic E-state index is -0.359. The number of likely N-dealkylation sites (tertiary alicyclic amines) is 1. The minimum absolute atomic E-state index is 0. The Balaban J connectivity index is 0.00000363. The van der Waals surface area contributed by atoms with Gasteiger partial charge >= 0.3 is 5.97 Å². The molecule has 10 heteroatoms. The quantitative estimate of drug-likeness (QED) is 0.223. The summed E-state index contributed by atoms with van der Waals surface area (Å²) in [7, 11) is 1.35. The van der Waals surface area contributed by atoms with Gasteiger partial charge in [-0.25, -0.2) is 9.67 Å². The van der Waals surface area contributed by atoms with E-state index < -0.39 is 0 Å². The van der Waals surface area contributed by atoms with Crippen LogP contribution in [0.5, 0.6) is 0 Å². The molecule has 2 aromatic rings. The highest BCUT2D eigenvalue weighted by Gasteiger charge is 2.26. The van der Waals surface area contributed by atoms with Crippen molar-refractivity contribution in [1.29, 1.82) is 0 Å². The Labute approximate surface area is 207 Å². The molecular formula is C22H34IN7O2. The highest BCUT2D eigenvalue weighted by Crippen LogP contribution is 2.20. The van der Waals surface area contributed by atoms with Gasteiger partial charge in [0.2, 0.25) is 0 Å². The number of nitrogens with zero attached hydrogens (tertiary/aromatic N) is 5. The number of hydrogen-bond acceptors (Lipinski definition) is 6.